The second-order valence-electron chi connectivity index (χ2n) is 7.58. The summed E-state index contributed by atoms with van der Waals surface area (Å²) in [5.41, 5.74) is 0. The van der Waals surface area contributed by atoms with Crippen molar-refractivity contribution in [2.45, 2.75) is 25.7 Å². The number of unbranched alkanes of at least 4 members (excludes halogenated alkanes) is 2. The fraction of sp³-hybridized carbons (Fsp3) is 0.500. The van der Waals surface area contributed by atoms with E-state index in [1.54, 1.807) is 18.2 Å². The monoisotopic (exact) mass is 564 g/mol. The maximum Gasteiger partial charge on any atom is 0.322 e. The second-order valence-corrected chi connectivity index (χ2v) is 12.1. The van der Waals surface area contributed by atoms with Crippen LogP contribution in [0.3, 0.4) is 0 Å². The fourth-order valence-corrected chi connectivity index (χ4v) is 5.33. The molecule has 0 atom stereocenters. The second kappa shape index (κ2) is 18.1. The molecule has 0 aliphatic carbocycles. The van der Waals surface area contributed by atoms with E-state index in [4.69, 9.17) is 36.9 Å². The van der Waals surface area contributed by atoms with Crippen molar-refractivity contribution in [3.63, 3.8) is 0 Å². The lowest BCUT2D eigenvalue weighted by atomic mass is 10.3. The number of benzene rings is 2. The van der Waals surface area contributed by atoms with E-state index < -0.39 is 9.15 Å². The molecule has 0 heterocycles. The molecule has 0 saturated carbocycles. The average Bonchev–Trinajstić information content (AvgIpc) is 2.82. The van der Waals surface area contributed by atoms with Crippen molar-refractivity contribution < 1.29 is 22.1 Å². The van der Waals surface area contributed by atoms with E-state index in [1.165, 1.54) is 0 Å². The predicted molar refractivity (Wildman–Crippen MR) is 145 cm³/mol. The Labute approximate surface area is 222 Å². The van der Waals surface area contributed by atoms with Gasteiger partial charge in [0.2, 0.25) is 0 Å². The number of hydrogen-bond acceptors (Lipinski definition) is 8. The van der Waals surface area contributed by atoms with E-state index in [0.29, 0.717) is 42.1 Å². The van der Waals surface area contributed by atoms with Crippen LogP contribution in [0.2, 0.25) is 10.0 Å². The first kappa shape index (κ1) is 30.0. The van der Waals surface area contributed by atoms with Crippen LogP contribution in [0.5, 0.6) is 11.5 Å². The Bertz CT molecular complexity index is 882. The van der Waals surface area contributed by atoms with E-state index in [-0.39, 0.29) is 6.61 Å². The summed E-state index contributed by atoms with van der Waals surface area (Å²) in [6, 6.07) is 14.6. The molecule has 2 N–H and O–H groups in total. The van der Waals surface area contributed by atoms with Crippen LogP contribution >= 0.6 is 34.0 Å². The number of hydrogen-bond donors (Lipinski definition) is 2. The van der Waals surface area contributed by atoms with Crippen molar-refractivity contribution in [2.24, 2.45) is 0 Å². The highest BCUT2D eigenvalue weighted by atomic mass is 35.5. The van der Waals surface area contributed by atoms with E-state index in [2.05, 4.69) is 10.6 Å². The molecule has 2 rings (SSSR count). The van der Waals surface area contributed by atoms with Crippen molar-refractivity contribution >= 4 is 43.1 Å². The standard InChI is InChI=1S/C24H34Cl2N2O5S2/c25-21-7-5-9-23(19-21)31-15-3-1-11-27-13-17-33-35(29,30)34-18-14-28-12-2-4-16-32-24-10-6-8-22(26)20-24/h5-10,19-20,27-28H,1-4,11-18H2. The summed E-state index contributed by atoms with van der Waals surface area (Å²) in [4.78, 5) is 0. The minimum absolute atomic E-state index is 0.119. The lowest BCUT2D eigenvalue weighted by Crippen LogP contribution is -2.23. The van der Waals surface area contributed by atoms with Gasteiger partial charge in [0.1, 0.15) is 11.5 Å². The first-order valence-corrected chi connectivity index (χ1v) is 15.3. The Kier molecular flexibility index (Phi) is 15.5. The molecule has 0 bridgehead atoms. The van der Waals surface area contributed by atoms with Crippen LogP contribution in [-0.2, 0) is 13.3 Å². The molecule has 35 heavy (non-hydrogen) atoms. The molecule has 7 nitrogen and oxygen atoms in total. The molecule has 0 aliphatic heterocycles. The molecule has 0 aliphatic rings. The highest BCUT2D eigenvalue weighted by Gasteiger charge is 2.11. The summed E-state index contributed by atoms with van der Waals surface area (Å²) in [6.45, 7) is 3.98. The molecule has 0 radical (unpaired) electrons. The van der Waals surface area contributed by atoms with Gasteiger partial charge in [0, 0.05) is 28.9 Å². The Morgan fingerprint density at radius 2 is 1.26 bits per heavy atom. The zero-order chi connectivity index (χ0) is 25.2. The van der Waals surface area contributed by atoms with Crippen molar-refractivity contribution in [1.82, 2.24) is 10.6 Å². The van der Waals surface area contributed by atoms with Crippen LogP contribution in [-0.4, -0.2) is 60.2 Å². The number of halogens is 2. The first-order valence-electron chi connectivity index (χ1n) is 11.7. The van der Waals surface area contributed by atoms with Crippen LogP contribution < -0.4 is 20.1 Å². The molecule has 0 spiro atoms. The predicted octanol–water partition coefficient (Wildman–Crippen LogP) is 5.19. The molecule has 2 aromatic rings. The summed E-state index contributed by atoms with van der Waals surface area (Å²) in [5, 5.41) is 7.72. The zero-order valence-electron chi connectivity index (χ0n) is 19.7. The van der Waals surface area contributed by atoms with Crippen LogP contribution in [0.15, 0.2) is 48.5 Å². The summed E-state index contributed by atoms with van der Waals surface area (Å²) in [5.74, 6) is 1.96. The van der Waals surface area contributed by atoms with E-state index in [9.17, 15) is 8.42 Å². The Morgan fingerprint density at radius 1 is 0.714 bits per heavy atom. The van der Waals surface area contributed by atoms with Crippen molar-refractivity contribution in [3.8, 4) is 11.5 Å². The molecular weight excluding hydrogens is 531 g/mol. The van der Waals surface area contributed by atoms with E-state index in [1.807, 2.05) is 30.3 Å². The normalized spacial score (nSPS) is 11.5. The lowest BCUT2D eigenvalue weighted by Gasteiger charge is -2.08. The largest absolute Gasteiger partial charge is 0.494 e. The van der Waals surface area contributed by atoms with Crippen molar-refractivity contribution in [1.29, 1.82) is 0 Å². The third-order valence-electron chi connectivity index (χ3n) is 4.64. The lowest BCUT2D eigenvalue weighted by molar-refractivity contribution is 0.301. The van der Waals surface area contributed by atoms with Gasteiger partial charge >= 0.3 is 9.15 Å². The fourth-order valence-electron chi connectivity index (χ4n) is 2.91. The van der Waals surface area contributed by atoms with E-state index in [0.717, 1.165) is 61.1 Å². The van der Waals surface area contributed by atoms with Gasteiger partial charge in [-0.3, -0.25) is 4.18 Å². The van der Waals surface area contributed by atoms with Gasteiger partial charge in [0.15, 0.2) is 0 Å². The number of ether oxygens (including phenoxy) is 2. The highest BCUT2D eigenvalue weighted by molar-refractivity contribution is 8.70. The van der Waals surface area contributed by atoms with Gasteiger partial charge in [0.05, 0.1) is 19.8 Å². The molecule has 0 saturated heterocycles. The minimum atomic E-state index is -3.58. The molecule has 0 aromatic heterocycles. The molecular formula is C24H34Cl2N2O5S2. The molecule has 0 fully saturated rings. The van der Waals surface area contributed by atoms with Gasteiger partial charge < -0.3 is 20.1 Å². The quantitative estimate of drug-likeness (QED) is 0.168. The minimum Gasteiger partial charge on any atom is -0.494 e. The maximum atomic E-state index is 11.9. The topological polar surface area (TPSA) is 85.9 Å². The zero-order valence-corrected chi connectivity index (χ0v) is 22.9. The van der Waals surface area contributed by atoms with Crippen LogP contribution in [0, 0.1) is 0 Å². The van der Waals surface area contributed by atoms with Crippen LogP contribution in [0.25, 0.3) is 0 Å². The van der Waals surface area contributed by atoms with Crippen LogP contribution in [0.4, 0.5) is 0 Å². The van der Waals surface area contributed by atoms with Gasteiger partial charge in [-0.05, 0) is 86.0 Å². The Morgan fingerprint density at radius 3 is 1.80 bits per heavy atom. The van der Waals surface area contributed by atoms with Gasteiger partial charge in [-0.2, -0.15) is 8.42 Å². The SMILES string of the molecule is O=S(=O)(OCCNCCCCOc1cccc(Cl)c1)SCCNCCCCOc1cccc(Cl)c1. The Balaban J connectivity index is 1.35. The maximum absolute atomic E-state index is 11.9. The molecule has 0 amide bonds. The van der Waals surface area contributed by atoms with Gasteiger partial charge in [-0.1, -0.05) is 35.3 Å². The third-order valence-corrected chi connectivity index (χ3v) is 7.88. The van der Waals surface area contributed by atoms with Gasteiger partial charge in [0.25, 0.3) is 0 Å². The van der Waals surface area contributed by atoms with Crippen molar-refractivity contribution in [3.05, 3.63) is 58.6 Å². The highest BCUT2D eigenvalue weighted by Crippen LogP contribution is 2.18. The molecule has 196 valence electrons. The smallest absolute Gasteiger partial charge is 0.322 e. The van der Waals surface area contributed by atoms with E-state index >= 15 is 0 Å². The summed E-state index contributed by atoms with van der Waals surface area (Å²) in [7, 11) is -2.76. The van der Waals surface area contributed by atoms with Crippen LogP contribution in [0.1, 0.15) is 25.7 Å². The van der Waals surface area contributed by atoms with Gasteiger partial charge in [-0.15, -0.1) is 0 Å². The van der Waals surface area contributed by atoms with Gasteiger partial charge in [-0.25, -0.2) is 0 Å². The average molecular weight is 566 g/mol. The number of rotatable bonds is 20. The third kappa shape index (κ3) is 15.5. The number of nitrogens with one attached hydrogen (secondary N) is 2. The molecule has 2 aromatic carbocycles. The summed E-state index contributed by atoms with van der Waals surface area (Å²) in [6.07, 6.45) is 3.64. The Hall–Kier alpha value is -1.20. The summed E-state index contributed by atoms with van der Waals surface area (Å²) >= 11 is 11.8. The van der Waals surface area contributed by atoms with Crippen molar-refractivity contribution in [2.75, 3.05) is 51.8 Å². The molecule has 0 unspecified atom stereocenters. The summed E-state index contributed by atoms with van der Waals surface area (Å²) < 4.78 is 40.1. The molecule has 11 heteroatoms. The first-order chi connectivity index (χ1) is 16.9.